The van der Waals surface area contributed by atoms with Crippen molar-refractivity contribution in [2.45, 2.75) is 6.61 Å². The van der Waals surface area contributed by atoms with Crippen molar-refractivity contribution in [1.82, 2.24) is 15.2 Å². The molecule has 24 heavy (non-hydrogen) atoms. The second-order valence-corrected chi connectivity index (χ2v) is 5.73. The van der Waals surface area contributed by atoms with E-state index in [0.717, 1.165) is 15.6 Å². The third-order valence-electron chi connectivity index (χ3n) is 3.22. The van der Waals surface area contributed by atoms with Crippen LogP contribution in [0, 0.1) is 0 Å². The minimum absolute atomic E-state index is 0.439. The predicted octanol–water partition coefficient (Wildman–Crippen LogP) is 3.91. The van der Waals surface area contributed by atoms with E-state index in [1.807, 2.05) is 42.5 Å². The summed E-state index contributed by atoms with van der Waals surface area (Å²) in [6.07, 6.45) is 3.08. The molecule has 3 aromatic rings. The number of methoxy groups -OCH3 is 1. The molecule has 0 amide bonds. The molecule has 0 saturated carbocycles. The molecule has 0 aliphatic heterocycles. The molecule has 6 nitrogen and oxygen atoms in total. The van der Waals surface area contributed by atoms with E-state index < -0.39 is 0 Å². The lowest BCUT2D eigenvalue weighted by molar-refractivity contribution is 0.282. The number of hydrogen-bond acceptors (Lipinski definition) is 5. The van der Waals surface area contributed by atoms with Crippen LogP contribution in [0.5, 0.6) is 11.5 Å². The SMILES string of the molecule is COc1cc(/C=N/c2ncn[nH]2)cc(Br)c1OCc1ccccc1. The first-order chi connectivity index (χ1) is 11.8. The molecule has 0 radical (unpaired) electrons. The molecular weight excluding hydrogens is 372 g/mol. The van der Waals surface area contributed by atoms with Crippen molar-refractivity contribution in [2.75, 3.05) is 7.11 Å². The fourth-order valence-corrected chi connectivity index (χ4v) is 2.66. The Morgan fingerprint density at radius 2 is 2.08 bits per heavy atom. The van der Waals surface area contributed by atoms with Crippen LogP contribution in [-0.4, -0.2) is 28.5 Å². The van der Waals surface area contributed by atoms with E-state index in [1.54, 1.807) is 13.3 Å². The van der Waals surface area contributed by atoms with Crippen LogP contribution in [0.2, 0.25) is 0 Å². The number of aliphatic imine (C=N–C) groups is 1. The second-order valence-electron chi connectivity index (χ2n) is 4.88. The van der Waals surface area contributed by atoms with Crippen molar-refractivity contribution in [2.24, 2.45) is 4.99 Å². The molecule has 7 heteroatoms. The van der Waals surface area contributed by atoms with Gasteiger partial charge in [0.15, 0.2) is 11.5 Å². The van der Waals surface area contributed by atoms with Crippen LogP contribution < -0.4 is 9.47 Å². The lowest BCUT2D eigenvalue weighted by Crippen LogP contribution is -1.99. The van der Waals surface area contributed by atoms with Gasteiger partial charge in [-0.1, -0.05) is 30.3 Å². The first-order valence-corrected chi connectivity index (χ1v) is 7.99. The normalized spacial score (nSPS) is 10.9. The largest absolute Gasteiger partial charge is 0.493 e. The zero-order chi connectivity index (χ0) is 16.8. The molecular formula is C17H15BrN4O2. The smallest absolute Gasteiger partial charge is 0.245 e. The van der Waals surface area contributed by atoms with Crippen LogP contribution in [0.1, 0.15) is 11.1 Å². The Hall–Kier alpha value is -2.67. The summed E-state index contributed by atoms with van der Waals surface area (Å²) < 4.78 is 12.1. The van der Waals surface area contributed by atoms with E-state index in [1.165, 1.54) is 6.33 Å². The van der Waals surface area contributed by atoms with Crippen LogP contribution in [0.25, 0.3) is 0 Å². The Labute approximate surface area is 147 Å². The zero-order valence-corrected chi connectivity index (χ0v) is 14.5. The Morgan fingerprint density at radius 1 is 1.25 bits per heavy atom. The molecule has 0 saturated heterocycles. The van der Waals surface area contributed by atoms with E-state index in [-0.39, 0.29) is 0 Å². The lowest BCUT2D eigenvalue weighted by Gasteiger charge is -2.13. The number of rotatable bonds is 6. The highest BCUT2D eigenvalue weighted by molar-refractivity contribution is 9.10. The van der Waals surface area contributed by atoms with Crippen molar-refractivity contribution in [3.05, 3.63) is 64.4 Å². The summed E-state index contributed by atoms with van der Waals surface area (Å²) in [5.74, 6) is 1.71. The number of halogens is 1. The van der Waals surface area contributed by atoms with E-state index in [2.05, 4.69) is 36.1 Å². The number of H-pyrrole nitrogens is 1. The van der Waals surface area contributed by atoms with Gasteiger partial charge in [-0.05, 0) is 39.2 Å². The van der Waals surface area contributed by atoms with Crippen molar-refractivity contribution in [3.63, 3.8) is 0 Å². The Morgan fingerprint density at radius 3 is 2.79 bits per heavy atom. The summed E-state index contributed by atoms with van der Waals surface area (Å²) in [5.41, 5.74) is 1.93. The van der Waals surface area contributed by atoms with E-state index in [4.69, 9.17) is 9.47 Å². The van der Waals surface area contributed by atoms with E-state index in [0.29, 0.717) is 24.1 Å². The van der Waals surface area contributed by atoms with Crippen molar-refractivity contribution < 1.29 is 9.47 Å². The molecule has 0 fully saturated rings. The summed E-state index contributed by atoms with van der Waals surface area (Å²) in [4.78, 5) is 8.15. The van der Waals surface area contributed by atoms with Gasteiger partial charge in [0.1, 0.15) is 12.9 Å². The highest BCUT2D eigenvalue weighted by Gasteiger charge is 2.11. The first-order valence-electron chi connectivity index (χ1n) is 7.20. The van der Waals surface area contributed by atoms with Crippen molar-refractivity contribution in [1.29, 1.82) is 0 Å². The molecule has 0 unspecified atom stereocenters. The minimum Gasteiger partial charge on any atom is -0.493 e. The van der Waals surface area contributed by atoms with E-state index >= 15 is 0 Å². The van der Waals surface area contributed by atoms with Gasteiger partial charge in [0, 0.05) is 6.21 Å². The van der Waals surface area contributed by atoms with Gasteiger partial charge >= 0.3 is 0 Å². The van der Waals surface area contributed by atoms with Crippen LogP contribution >= 0.6 is 15.9 Å². The van der Waals surface area contributed by atoms with Gasteiger partial charge < -0.3 is 9.47 Å². The average molecular weight is 387 g/mol. The maximum absolute atomic E-state index is 5.91. The minimum atomic E-state index is 0.439. The topological polar surface area (TPSA) is 72.4 Å². The number of benzene rings is 2. The van der Waals surface area contributed by atoms with Gasteiger partial charge in [-0.2, -0.15) is 10.1 Å². The summed E-state index contributed by atoms with van der Waals surface area (Å²) in [6, 6.07) is 13.7. The number of ether oxygens (including phenoxy) is 2. The molecule has 0 spiro atoms. The molecule has 1 heterocycles. The summed E-state index contributed by atoms with van der Waals surface area (Å²) in [6.45, 7) is 0.460. The monoisotopic (exact) mass is 386 g/mol. The van der Waals surface area contributed by atoms with Crippen LogP contribution in [0.15, 0.2) is 58.3 Å². The molecule has 0 atom stereocenters. The molecule has 0 bridgehead atoms. The molecule has 122 valence electrons. The van der Waals surface area contributed by atoms with Crippen LogP contribution in [0.3, 0.4) is 0 Å². The average Bonchev–Trinajstić information content (AvgIpc) is 3.13. The quantitative estimate of drug-likeness (QED) is 0.651. The lowest BCUT2D eigenvalue weighted by atomic mass is 10.2. The number of nitrogens with one attached hydrogen (secondary N) is 1. The summed E-state index contributed by atoms with van der Waals surface area (Å²) in [5, 5.41) is 6.42. The highest BCUT2D eigenvalue weighted by atomic mass is 79.9. The van der Waals surface area contributed by atoms with Gasteiger partial charge in [0.25, 0.3) is 0 Å². The maximum atomic E-state index is 5.91. The zero-order valence-electron chi connectivity index (χ0n) is 12.9. The number of hydrogen-bond donors (Lipinski definition) is 1. The molecule has 0 aliphatic carbocycles. The van der Waals surface area contributed by atoms with E-state index in [9.17, 15) is 0 Å². The Bertz CT molecular complexity index is 820. The number of nitrogens with zero attached hydrogens (tertiary/aromatic N) is 3. The summed E-state index contributed by atoms with van der Waals surface area (Å²) >= 11 is 3.53. The number of aromatic nitrogens is 3. The molecule has 1 N–H and O–H groups in total. The number of aromatic amines is 1. The van der Waals surface area contributed by atoms with Crippen LogP contribution in [-0.2, 0) is 6.61 Å². The fourth-order valence-electron chi connectivity index (χ4n) is 2.08. The van der Waals surface area contributed by atoms with Crippen molar-refractivity contribution in [3.8, 4) is 11.5 Å². The third-order valence-corrected chi connectivity index (χ3v) is 3.81. The first kappa shape index (κ1) is 16.2. The fraction of sp³-hybridized carbons (Fsp3) is 0.118. The van der Waals surface area contributed by atoms with Gasteiger partial charge in [-0.25, -0.2) is 10.1 Å². The van der Waals surface area contributed by atoms with Crippen molar-refractivity contribution >= 4 is 28.1 Å². The van der Waals surface area contributed by atoms with Crippen LogP contribution in [0.4, 0.5) is 5.95 Å². The Balaban J connectivity index is 1.79. The van der Waals surface area contributed by atoms with Gasteiger partial charge in [0.05, 0.1) is 11.6 Å². The highest BCUT2D eigenvalue weighted by Crippen LogP contribution is 2.36. The summed E-state index contributed by atoms with van der Waals surface area (Å²) in [7, 11) is 1.61. The molecule has 1 aromatic heterocycles. The molecule has 2 aromatic carbocycles. The third kappa shape index (κ3) is 3.99. The molecule has 0 aliphatic rings. The van der Waals surface area contributed by atoms with Gasteiger partial charge in [0.2, 0.25) is 5.95 Å². The Kier molecular flexibility index (Phi) is 5.22. The molecule has 3 rings (SSSR count). The second kappa shape index (κ2) is 7.74. The van der Waals surface area contributed by atoms with Gasteiger partial charge in [-0.3, -0.25) is 0 Å². The van der Waals surface area contributed by atoms with Gasteiger partial charge in [-0.15, -0.1) is 0 Å². The predicted molar refractivity (Wildman–Crippen MR) is 95.1 cm³/mol. The standard InChI is InChI=1S/C17H15BrN4O2/c1-23-15-8-13(9-19-17-20-11-21-22-17)7-14(18)16(15)24-10-12-5-3-2-4-6-12/h2-9,11H,10H2,1H3,(H,20,21,22)/b19-9+. The maximum Gasteiger partial charge on any atom is 0.245 e.